The number of hydrogen-bond donors (Lipinski definition) is 2. The van der Waals surface area contributed by atoms with Gasteiger partial charge in [0.2, 0.25) is 0 Å². The topological polar surface area (TPSA) is 40.5 Å². The van der Waals surface area contributed by atoms with Gasteiger partial charge in [0.15, 0.2) is 0 Å². The molecule has 164 valence electrons. The molecule has 0 heterocycles. The fourth-order valence-corrected chi connectivity index (χ4v) is 6.09. The average Bonchev–Trinajstić information content (AvgIpc) is 3.05. The highest BCUT2D eigenvalue weighted by Gasteiger charge is 2.50. The molecule has 0 aromatic rings. The second-order valence-electron chi connectivity index (χ2n) is 10.4. The Bertz CT molecular complexity index is 800. The van der Waals surface area contributed by atoms with Gasteiger partial charge in [0.1, 0.15) is 0 Å². The average molecular weight is 409 g/mol. The zero-order valence-corrected chi connectivity index (χ0v) is 18.9. The summed E-state index contributed by atoms with van der Waals surface area (Å²) in [6.07, 6.45) is 5.42. The van der Waals surface area contributed by atoms with Gasteiger partial charge >= 0.3 is 0 Å². The summed E-state index contributed by atoms with van der Waals surface area (Å²) >= 11 is 0. The Balaban J connectivity index is 1.84. The van der Waals surface area contributed by atoms with Crippen molar-refractivity contribution in [2.24, 2.45) is 29.1 Å². The van der Waals surface area contributed by atoms with Crippen molar-refractivity contribution in [1.82, 2.24) is 0 Å². The second kappa shape index (κ2) is 9.52. The monoisotopic (exact) mass is 408 g/mol. The molecule has 0 amide bonds. The van der Waals surface area contributed by atoms with E-state index in [0.717, 1.165) is 37.7 Å². The van der Waals surface area contributed by atoms with Crippen LogP contribution in [0.2, 0.25) is 0 Å². The highest BCUT2D eigenvalue weighted by Crippen LogP contribution is 2.59. The first-order chi connectivity index (χ1) is 15.2. The Kier molecular flexibility index (Phi) is 5.84. The molecule has 2 heteroatoms. The SMILES string of the molecule is [3H]C([3H])(CC(C)C)C([3H])([3H])[C@@H](C)[C@H]1CCC2/C(=C/C=C3/C[C@@H](O)C[C@H](O)C3=C)CCC[C@@]21C. The Hall–Kier alpha value is -0.860. The van der Waals surface area contributed by atoms with Gasteiger partial charge in [-0.05, 0) is 78.8 Å². The lowest BCUT2D eigenvalue weighted by atomic mass is 9.60. The predicted molar refractivity (Wildman–Crippen MR) is 123 cm³/mol. The molecule has 2 nitrogen and oxygen atoms in total. The van der Waals surface area contributed by atoms with Gasteiger partial charge in [-0.2, -0.15) is 0 Å². The molecule has 3 aliphatic carbocycles. The van der Waals surface area contributed by atoms with E-state index in [0.29, 0.717) is 24.3 Å². The molecule has 0 aromatic carbocycles. The molecule has 2 N–H and O–H groups in total. The normalized spacial score (nSPS) is 42.4. The minimum atomic E-state index is -1.88. The maximum atomic E-state index is 10.2. The maximum absolute atomic E-state index is 10.2. The van der Waals surface area contributed by atoms with Crippen LogP contribution in [0, 0.1) is 29.1 Å². The summed E-state index contributed by atoms with van der Waals surface area (Å²) in [7, 11) is 0. The summed E-state index contributed by atoms with van der Waals surface area (Å²) in [5, 5.41) is 20.2. The second-order valence-corrected chi connectivity index (χ2v) is 10.4. The lowest BCUT2D eigenvalue weighted by Gasteiger charge is -2.44. The molecule has 0 radical (unpaired) electrons. The van der Waals surface area contributed by atoms with Crippen LogP contribution < -0.4 is 0 Å². The smallest absolute Gasteiger partial charge is 0.0811 e. The summed E-state index contributed by atoms with van der Waals surface area (Å²) in [4.78, 5) is 0. The summed E-state index contributed by atoms with van der Waals surface area (Å²) in [6, 6.07) is 0. The third-order valence-corrected chi connectivity index (χ3v) is 7.75. The van der Waals surface area contributed by atoms with Gasteiger partial charge in [0, 0.05) is 11.9 Å². The van der Waals surface area contributed by atoms with Crippen molar-refractivity contribution in [3.63, 3.8) is 0 Å². The largest absolute Gasteiger partial charge is 0.393 e. The summed E-state index contributed by atoms with van der Waals surface area (Å²) in [6.45, 7) is 12.2. The highest BCUT2D eigenvalue weighted by molar-refractivity contribution is 5.38. The quantitative estimate of drug-likeness (QED) is 0.520. The van der Waals surface area contributed by atoms with Crippen molar-refractivity contribution < 1.29 is 15.7 Å². The zero-order valence-electron chi connectivity index (χ0n) is 22.9. The molecule has 3 rings (SSSR count). The molecule has 6 atom stereocenters. The fraction of sp³-hybridized carbons (Fsp3) is 0.778. The van der Waals surface area contributed by atoms with Crippen LogP contribution >= 0.6 is 0 Å². The minimum absolute atomic E-state index is 0.0358. The zero-order chi connectivity index (χ0) is 24.8. The van der Waals surface area contributed by atoms with Gasteiger partial charge < -0.3 is 10.2 Å². The molecule has 3 fully saturated rings. The minimum Gasteiger partial charge on any atom is -0.393 e. The van der Waals surface area contributed by atoms with Crippen molar-refractivity contribution in [3.8, 4) is 0 Å². The highest BCUT2D eigenvalue weighted by atomic mass is 16.3. The van der Waals surface area contributed by atoms with Crippen LogP contribution in [-0.4, -0.2) is 22.4 Å². The van der Waals surface area contributed by atoms with E-state index in [9.17, 15) is 10.2 Å². The van der Waals surface area contributed by atoms with Crippen molar-refractivity contribution >= 4 is 0 Å². The Morgan fingerprint density at radius 3 is 2.72 bits per heavy atom. The molecule has 3 saturated carbocycles. The summed E-state index contributed by atoms with van der Waals surface area (Å²) in [5.41, 5.74) is 2.96. The van der Waals surface area contributed by atoms with E-state index >= 15 is 0 Å². The van der Waals surface area contributed by atoms with Crippen LogP contribution in [0.1, 0.15) is 97.3 Å². The molecule has 0 aromatic heterocycles. The molecule has 29 heavy (non-hydrogen) atoms. The lowest BCUT2D eigenvalue weighted by molar-refractivity contribution is 0.0861. The standard InChI is InChI=1S/C27H44O2/c1-18(2)8-6-9-19(3)24-13-14-25-21(10-7-15-27(24,25)5)11-12-22-16-23(28)17-26(29)20(22)4/h11-12,18-19,23-26,28-29H,4,6-10,13-17H2,1-3,5H3/b21-11+,22-12-/t19-,23-,24-,25?,26+,27-/m1/s1/i6T2,9T2. The molecule has 0 bridgehead atoms. The number of aliphatic hydroxyl groups excluding tert-OH is 2. The predicted octanol–water partition coefficient (Wildman–Crippen LogP) is 6.59. The number of aliphatic hydroxyl groups is 2. The number of rotatable bonds is 6. The van der Waals surface area contributed by atoms with E-state index in [2.05, 4.69) is 19.6 Å². The van der Waals surface area contributed by atoms with Gasteiger partial charge in [-0.3, -0.25) is 0 Å². The van der Waals surface area contributed by atoms with Crippen LogP contribution in [0.4, 0.5) is 0 Å². The first-order valence-electron chi connectivity index (χ1n) is 13.7. The van der Waals surface area contributed by atoms with E-state index in [1.54, 1.807) is 0 Å². The van der Waals surface area contributed by atoms with Crippen LogP contribution in [-0.2, 0) is 0 Å². The van der Waals surface area contributed by atoms with Crippen LogP contribution in [0.25, 0.3) is 0 Å². The molecular weight excluding hydrogens is 356 g/mol. The molecule has 1 unspecified atom stereocenters. The number of hydrogen-bond acceptors (Lipinski definition) is 2. The van der Waals surface area contributed by atoms with Gasteiger partial charge in [-0.15, -0.1) is 0 Å². The molecule has 0 saturated heterocycles. The van der Waals surface area contributed by atoms with Crippen molar-refractivity contribution in [2.75, 3.05) is 0 Å². The third-order valence-electron chi connectivity index (χ3n) is 7.75. The Labute approximate surface area is 184 Å². The van der Waals surface area contributed by atoms with Gasteiger partial charge in [-0.1, -0.05) is 71.2 Å². The number of fused-ring (bicyclic) bond motifs is 1. The molecule has 0 spiro atoms. The van der Waals surface area contributed by atoms with Crippen molar-refractivity contribution in [3.05, 3.63) is 35.5 Å². The molecule has 3 aliphatic rings. The van der Waals surface area contributed by atoms with Crippen molar-refractivity contribution in [1.29, 1.82) is 0 Å². The Morgan fingerprint density at radius 1 is 1.24 bits per heavy atom. The van der Waals surface area contributed by atoms with Crippen LogP contribution in [0.3, 0.4) is 0 Å². The lowest BCUT2D eigenvalue weighted by Crippen LogP contribution is -2.36. The molecular formula is C27H44O2. The van der Waals surface area contributed by atoms with Gasteiger partial charge in [0.25, 0.3) is 0 Å². The van der Waals surface area contributed by atoms with Crippen LogP contribution in [0.15, 0.2) is 35.5 Å². The van der Waals surface area contributed by atoms with E-state index in [1.165, 1.54) is 5.57 Å². The Morgan fingerprint density at radius 2 is 2.00 bits per heavy atom. The van der Waals surface area contributed by atoms with Gasteiger partial charge in [-0.25, -0.2) is 0 Å². The van der Waals surface area contributed by atoms with E-state index in [1.807, 2.05) is 26.8 Å². The summed E-state index contributed by atoms with van der Waals surface area (Å²) in [5.74, 6) is 0.263. The first kappa shape index (κ1) is 17.8. The van der Waals surface area contributed by atoms with E-state index < -0.39 is 25.0 Å². The maximum Gasteiger partial charge on any atom is 0.0811 e. The van der Waals surface area contributed by atoms with Crippen molar-refractivity contribution in [2.45, 2.75) is 104 Å². The van der Waals surface area contributed by atoms with E-state index in [-0.39, 0.29) is 29.6 Å². The number of allylic oxidation sites excluding steroid dienone is 3. The third kappa shape index (κ3) is 5.07. The molecule has 0 aliphatic heterocycles. The van der Waals surface area contributed by atoms with Gasteiger partial charge in [0.05, 0.1) is 12.2 Å². The fourth-order valence-electron chi connectivity index (χ4n) is 6.09. The van der Waals surface area contributed by atoms with E-state index in [4.69, 9.17) is 5.48 Å². The summed E-state index contributed by atoms with van der Waals surface area (Å²) < 4.78 is 34.7. The van der Waals surface area contributed by atoms with Crippen LogP contribution in [0.5, 0.6) is 0 Å². The first-order valence-corrected chi connectivity index (χ1v) is 11.7.